The average Bonchev–Trinajstić information content (AvgIpc) is 2.85. The topological polar surface area (TPSA) is 102 Å². The number of ether oxygens (including phenoxy) is 2. The number of fused-ring (bicyclic) bond motifs is 1. The van der Waals surface area contributed by atoms with Crippen molar-refractivity contribution in [2.45, 2.75) is 26.8 Å². The van der Waals surface area contributed by atoms with Crippen LogP contribution in [0, 0.1) is 16.0 Å². The van der Waals surface area contributed by atoms with E-state index in [1.165, 1.54) is 18.2 Å². The molecule has 0 atom stereocenters. The standard InChI is InChI=1S/C26H31N3O6/c1-18(2)15-28(25(30)10-7-19-5-8-22(9-6-19)29(32)33)17-26(31)27-12-11-20-13-23(34-3)24(35-4)14-21(20)16-27/h5-10,13-14,18H,11-12,15-17H2,1-4H3/b10-7+. The van der Waals surface area contributed by atoms with Crippen LogP contribution >= 0.6 is 0 Å². The van der Waals surface area contributed by atoms with Crippen molar-refractivity contribution in [1.29, 1.82) is 0 Å². The molecular weight excluding hydrogens is 450 g/mol. The summed E-state index contributed by atoms with van der Waals surface area (Å²) in [6.07, 6.45) is 3.69. The average molecular weight is 482 g/mol. The Bertz CT molecular complexity index is 1110. The first-order chi connectivity index (χ1) is 16.7. The Morgan fingerprint density at radius 3 is 2.31 bits per heavy atom. The number of benzene rings is 2. The molecule has 9 heteroatoms. The molecule has 0 fully saturated rings. The highest BCUT2D eigenvalue weighted by atomic mass is 16.6. The first-order valence-electron chi connectivity index (χ1n) is 11.4. The van der Waals surface area contributed by atoms with Crippen LogP contribution < -0.4 is 9.47 Å². The molecule has 9 nitrogen and oxygen atoms in total. The molecule has 0 aromatic heterocycles. The van der Waals surface area contributed by atoms with Gasteiger partial charge >= 0.3 is 0 Å². The first kappa shape index (κ1) is 25.7. The maximum absolute atomic E-state index is 13.1. The fourth-order valence-corrected chi connectivity index (χ4v) is 4.01. The zero-order valence-electron chi connectivity index (χ0n) is 20.5. The number of carbonyl (C=O) groups is 2. The molecule has 2 amide bonds. The molecule has 2 aromatic rings. The lowest BCUT2D eigenvalue weighted by atomic mass is 9.98. The summed E-state index contributed by atoms with van der Waals surface area (Å²) < 4.78 is 10.8. The predicted octanol–water partition coefficient (Wildman–Crippen LogP) is 3.69. The third-order valence-electron chi connectivity index (χ3n) is 5.82. The summed E-state index contributed by atoms with van der Waals surface area (Å²) in [6.45, 7) is 5.39. The molecule has 2 aromatic carbocycles. The number of nitrogens with zero attached hydrogens (tertiary/aromatic N) is 3. The molecule has 0 aliphatic carbocycles. The SMILES string of the molecule is COc1cc2c(cc1OC)CN(C(=O)CN(CC(C)C)C(=O)/C=C/c1ccc([N+](=O)[O-])cc1)CC2. The zero-order valence-corrected chi connectivity index (χ0v) is 20.5. The molecule has 0 N–H and O–H groups in total. The molecule has 3 rings (SSSR count). The molecule has 0 radical (unpaired) electrons. The largest absolute Gasteiger partial charge is 0.493 e. The minimum absolute atomic E-state index is 0.0142. The highest BCUT2D eigenvalue weighted by molar-refractivity contribution is 5.94. The van der Waals surface area contributed by atoms with Crippen LogP contribution in [-0.2, 0) is 22.6 Å². The van der Waals surface area contributed by atoms with Crippen LogP contribution in [0.25, 0.3) is 6.08 Å². The van der Waals surface area contributed by atoms with E-state index in [1.807, 2.05) is 26.0 Å². The number of hydrogen-bond donors (Lipinski definition) is 0. The van der Waals surface area contributed by atoms with Gasteiger partial charge in [-0.25, -0.2) is 0 Å². The van der Waals surface area contributed by atoms with Crippen LogP contribution in [-0.4, -0.2) is 60.4 Å². The maximum atomic E-state index is 13.1. The smallest absolute Gasteiger partial charge is 0.269 e. The first-order valence-corrected chi connectivity index (χ1v) is 11.4. The number of methoxy groups -OCH3 is 2. The molecule has 1 aliphatic rings. The summed E-state index contributed by atoms with van der Waals surface area (Å²) in [6, 6.07) is 9.78. The van der Waals surface area contributed by atoms with E-state index in [9.17, 15) is 19.7 Å². The van der Waals surface area contributed by atoms with E-state index in [1.54, 1.807) is 42.2 Å². The zero-order chi connectivity index (χ0) is 25.5. The van der Waals surface area contributed by atoms with Crippen molar-refractivity contribution in [1.82, 2.24) is 9.80 Å². The molecule has 186 valence electrons. The van der Waals surface area contributed by atoms with Gasteiger partial charge in [0, 0.05) is 37.8 Å². The van der Waals surface area contributed by atoms with E-state index in [4.69, 9.17) is 9.47 Å². The van der Waals surface area contributed by atoms with Gasteiger partial charge in [-0.05, 0) is 59.4 Å². The minimum atomic E-state index is -0.472. The second kappa shape index (κ2) is 11.5. The molecule has 1 aliphatic heterocycles. The number of rotatable bonds is 9. The number of carbonyl (C=O) groups excluding carboxylic acids is 2. The van der Waals surface area contributed by atoms with E-state index in [0.29, 0.717) is 43.1 Å². The maximum Gasteiger partial charge on any atom is 0.269 e. The van der Waals surface area contributed by atoms with Crippen molar-refractivity contribution in [2.24, 2.45) is 5.92 Å². The van der Waals surface area contributed by atoms with Crippen LogP contribution in [0.1, 0.15) is 30.5 Å². The Labute approximate surface area is 205 Å². The van der Waals surface area contributed by atoms with Crippen LogP contribution in [0.5, 0.6) is 11.5 Å². The summed E-state index contributed by atoms with van der Waals surface area (Å²) in [5.74, 6) is 1.06. The van der Waals surface area contributed by atoms with Crippen LogP contribution in [0.4, 0.5) is 5.69 Å². The highest BCUT2D eigenvalue weighted by Crippen LogP contribution is 2.33. The van der Waals surface area contributed by atoms with Gasteiger partial charge in [0.15, 0.2) is 11.5 Å². The Morgan fingerprint density at radius 2 is 1.74 bits per heavy atom. The lowest BCUT2D eigenvalue weighted by molar-refractivity contribution is -0.384. The van der Waals surface area contributed by atoms with Crippen LogP contribution in [0.15, 0.2) is 42.5 Å². The fraction of sp³-hybridized carbons (Fsp3) is 0.385. The van der Waals surface area contributed by atoms with E-state index in [-0.39, 0.29) is 30.0 Å². The van der Waals surface area contributed by atoms with E-state index in [2.05, 4.69) is 0 Å². The van der Waals surface area contributed by atoms with Gasteiger partial charge < -0.3 is 19.3 Å². The normalized spacial score (nSPS) is 13.0. The third-order valence-corrected chi connectivity index (χ3v) is 5.82. The molecule has 0 saturated heterocycles. The summed E-state index contributed by atoms with van der Waals surface area (Å²) >= 11 is 0. The number of amides is 2. The van der Waals surface area contributed by atoms with Gasteiger partial charge in [0.05, 0.1) is 19.1 Å². The lowest BCUT2D eigenvalue weighted by Gasteiger charge is -2.32. The summed E-state index contributed by atoms with van der Waals surface area (Å²) in [5, 5.41) is 10.8. The van der Waals surface area contributed by atoms with Gasteiger partial charge in [-0.2, -0.15) is 0 Å². The number of hydrogen-bond acceptors (Lipinski definition) is 6. The van der Waals surface area contributed by atoms with Gasteiger partial charge in [0.1, 0.15) is 6.54 Å². The van der Waals surface area contributed by atoms with Gasteiger partial charge in [0.2, 0.25) is 11.8 Å². The predicted molar refractivity (Wildman–Crippen MR) is 132 cm³/mol. The number of nitro benzene ring substituents is 1. The summed E-state index contributed by atoms with van der Waals surface area (Å²) in [4.78, 5) is 39.7. The second-order valence-corrected chi connectivity index (χ2v) is 8.84. The Balaban J connectivity index is 1.69. The van der Waals surface area contributed by atoms with Crippen LogP contribution in [0.2, 0.25) is 0 Å². The third kappa shape index (κ3) is 6.59. The van der Waals surface area contributed by atoms with Gasteiger partial charge in [-0.3, -0.25) is 19.7 Å². The van der Waals surface area contributed by atoms with Crippen molar-refractivity contribution in [3.63, 3.8) is 0 Å². The van der Waals surface area contributed by atoms with Crippen molar-refractivity contribution in [3.8, 4) is 11.5 Å². The minimum Gasteiger partial charge on any atom is -0.493 e. The molecule has 35 heavy (non-hydrogen) atoms. The van der Waals surface area contributed by atoms with Crippen LogP contribution in [0.3, 0.4) is 0 Å². The van der Waals surface area contributed by atoms with Crippen molar-refractivity contribution >= 4 is 23.6 Å². The van der Waals surface area contributed by atoms with Crippen molar-refractivity contribution in [3.05, 3.63) is 69.3 Å². The Morgan fingerprint density at radius 1 is 1.11 bits per heavy atom. The molecule has 0 bridgehead atoms. The Kier molecular flexibility index (Phi) is 8.46. The van der Waals surface area contributed by atoms with Gasteiger partial charge in [-0.15, -0.1) is 0 Å². The number of nitro groups is 1. The monoisotopic (exact) mass is 481 g/mol. The van der Waals surface area contributed by atoms with Gasteiger partial charge in [0.25, 0.3) is 5.69 Å². The van der Waals surface area contributed by atoms with E-state index in [0.717, 1.165) is 11.1 Å². The van der Waals surface area contributed by atoms with E-state index >= 15 is 0 Å². The molecular formula is C26H31N3O6. The molecule has 0 saturated carbocycles. The van der Waals surface area contributed by atoms with Gasteiger partial charge in [-0.1, -0.05) is 13.8 Å². The van der Waals surface area contributed by atoms with Crippen molar-refractivity contribution < 1.29 is 24.0 Å². The highest BCUT2D eigenvalue weighted by Gasteiger charge is 2.25. The van der Waals surface area contributed by atoms with Crippen molar-refractivity contribution in [2.75, 3.05) is 33.9 Å². The Hall–Kier alpha value is -3.88. The second-order valence-electron chi connectivity index (χ2n) is 8.84. The molecule has 1 heterocycles. The summed E-state index contributed by atoms with van der Waals surface area (Å²) in [7, 11) is 3.18. The lowest BCUT2D eigenvalue weighted by Crippen LogP contribution is -2.45. The molecule has 0 unspecified atom stereocenters. The molecule has 0 spiro atoms. The number of non-ortho nitro benzene ring substituents is 1. The fourth-order valence-electron chi connectivity index (χ4n) is 4.01. The quantitative estimate of drug-likeness (QED) is 0.307. The van der Waals surface area contributed by atoms with E-state index < -0.39 is 4.92 Å². The summed E-state index contributed by atoms with van der Waals surface area (Å²) in [5.41, 5.74) is 2.77.